The molecule has 1 nitrogen and oxygen atoms in total. The Kier molecular flexibility index (Phi) is 5.26. The molecule has 1 unspecified atom stereocenters. The molecule has 0 aliphatic heterocycles. The van der Waals surface area contributed by atoms with Crippen molar-refractivity contribution in [2.24, 2.45) is 0 Å². The van der Waals surface area contributed by atoms with E-state index in [1.54, 1.807) is 6.07 Å². The molecule has 0 heterocycles. The van der Waals surface area contributed by atoms with Crippen LogP contribution in [-0.2, 0) is 0 Å². The smallest absolute Gasteiger partial charge is 0.129 e. The van der Waals surface area contributed by atoms with Crippen molar-refractivity contribution in [3.63, 3.8) is 0 Å². The van der Waals surface area contributed by atoms with Crippen molar-refractivity contribution in [3.8, 4) is 0 Å². The van der Waals surface area contributed by atoms with Crippen LogP contribution in [0.3, 0.4) is 0 Å². The van der Waals surface area contributed by atoms with Crippen LogP contribution in [0.4, 0.5) is 13.2 Å². The summed E-state index contributed by atoms with van der Waals surface area (Å²) in [6.45, 7) is 2.51. The SMILES string of the molecule is CCCNC(c1cc(F)cc(F)c1)c1c(F)cccc1Cl. The van der Waals surface area contributed by atoms with Crippen LogP contribution in [0.15, 0.2) is 36.4 Å². The third-order valence-corrected chi connectivity index (χ3v) is 3.43. The Balaban J connectivity index is 2.52. The van der Waals surface area contributed by atoms with Gasteiger partial charge >= 0.3 is 0 Å². The molecule has 2 aromatic rings. The van der Waals surface area contributed by atoms with Crippen LogP contribution < -0.4 is 5.32 Å². The molecule has 0 aliphatic rings. The molecule has 2 rings (SSSR count). The second-order valence-corrected chi connectivity index (χ2v) is 5.13. The molecule has 1 atom stereocenters. The van der Waals surface area contributed by atoms with Gasteiger partial charge in [-0.1, -0.05) is 24.6 Å². The Bertz CT molecular complexity index is 590. The van der Waals surface area contributed by atoms with Gasteiger partial charge in [-0.05, 0) is 42.8 Å². The zero-order valence-electron chi connectivity index (χ0n) is 11.5. The van der Waals surface area contributed by atoms with Crippen LogP contribution in [0, 0.1) is 17.5 Å². The first-order chi connectivity index (χ1) is 10.0. The number of benzene rings is 2. The molecule has 5 heteroatoms. The average molecular weight is 314 g/mol. The van der Waals surface area contributed by atoms with Gasteiger partial charge in [0.25, 0.3) is 0 Å². The van der Waals surface area contributed by atoms with Crippen molar-refractivity contribution in [1.29, 1.82) is 0 Å². The minimum atomic E-state index is -0.708. The molecule has 21 heavy (non-hydrogen) atoms. The number of hydrogen-bond acceptors (Lipinski definition) is 1. The average Bonchev–Trinajstić information content (AvgIpc) is 2.41. The molecule has 0 spiro atoms. The monoisotopic (exact) mass is 313 g/mol. The van der Waals surface area contributed by atoms with E-state index >= 15 is 0 Å². The van der Waals surface area contributed by atoms with E-state index in [0.717, 1.165) is 12.5 Å². The van der Waals surface area contributed by atoms with Gasteiger partial charge in [-0.15, -0.1) is 0 Å². The summed E-state index contributed by atoms with van der Waals surface area (Å²) in [7, 11) is 0. The summed E-state index contributed by atoms with van der Waals surface area (Å²) >= 11 is 6.07. The van der Waals surface area contributed by atoms with Gasteiger partial charge in [-0.2, -0.15) is 0 Å². The fourth-order valence-corrected chi connectivity index (χ4v) is 2.48. The molecule has 0 amide bonds. The molecule has 0 bridgehead atoms. The summed E-state index contributed by atoms with van der Waals surface area (Å²) in [4.78, 5) is 0. The van der Waals surface area contributed by atoms with E-state index in [4.69, 9.17) is 11.6 Å². The van der Waals surface area contributed by atoms with Gasteiger partial charge in [0.05, 0.1) is 6.04 Å². The van der Waals surface area contributed by atoms with Crippen molar-refractivity contribution in [2.45, 2.75) is 19.4 Å². The number of nitrogens with one attached hydrogen (secondary N) is 1. The Morgan fingerprint density at radius 2 is 1.76 bits per heavy atom. The largest absolute Gasteiger partial charge is 0.306 e. The second-order valence-electron chi connectivity index (χ2n) is 4.73. The zero-order chi connectivity index (χ0) is 15.4. The quantitative estimate of drug-likeness (QED) is 0.832. The maximum atomic E-state index is 14.1. The molecular weight excluding hydrogens is 299 g/mol. The normalized spacial score (nSPS) is 12.4. The fraction of sp³-hybridized carbons (Fsp3) is 0.250. The van der Waals surface area contributed by atoms with Gasteiger partial charge in [-0.25, -0.2) is 13.2 Å². The van der Waals surface area contributed by atoms with E-state index in [9.17, 15) is 13.2 Å². The Morgan fingerprint density at radius 1 is 1.10 bits per heavy atom. The minimum absolute atomic E-state index is 0.192. The van der Waals surface area contributed by atoms with Crippen LogP contribution in [-0.4, -0.2) is 6.54 Å². The first-order valence-electron chi connectivity index (χ1n) is 6.66. The maximum absolute atomic E-state index is 14.1. The summed E-state index contributed by atoms with van der Waals surface area (Å²) in [5.41, 5.74) is 0.491. The van der Waals surface area contributed by atoms with Gasteiger partial charge in [0.15, 0.2) is 0 Å². The van der Waals surface area contributed by atoms with Crippen LogP contribution in [0.25, 0.3) is 0 Å². The number of hydrogen-bond donors (Lipinski definition) is 1. The van der Waals surface area contributed by atoms with Crippen LogP contribution in [0.2, 0.25) is 5.02 Å². The Labute approximate surface area is 126 Å². The predicted molar refractivity (Wildman–Crippen MR) is 77.9 cm³/mol. The van der Waals surface area contributed by atoms with Gasteiger partial charge in [0.1, 0.15) is 17.5 Å². The topological polar surface area (TPSA) is 12.0 Å². The number of halogens is 4. The van der Waals surface area contributed by atoms with Gasteiger partial charge in [0, 0.05) is 16.7 Å². The first kappa shape index (κ1) is 15.9. The molecule has 2 aromatic carbocycles. The van der Waals surface area contributed by atoms with Crippen molar-refractivity contribution in [1.82, 2.24) is 5.32 Å². The molecule has 0 aromatic heterocycles. The summed E-state index contributed by atoms with van der Waals surface area (Å²) in [6.07, 6.45) is 0.792. The predicted octanol–water partition coefficient (Wildman–Crippen LogP) is 4.85. The standard InChI is InChI=1S/C16H15ClF3N/c1-2-6-21-16(10-7-11(18)9-12(19)8-10)15-13(17)4-3-5-14(15)20/h3-5,7-9,16,21H,2,6H2,1H3. The lowest BCUT2D eigenvalue weighted by atomic mass is 9.97. The molecule has 1 N–H and O–H groups in total. The van der Waals surface area contributed by atoms with Crippen LogP contribution >= 0.6 is 11.6 Å². The lowest BCUT2D eigenvalue weighted by molar-refractivity contribution is 0.534. The Hall–Kier alpha value is -1.52. The van der Waals surface area contributed by atoms with Crippen molar-refractivity contribution in [2.75, 3.05) is 6.54 Å². The molecule has 112 valence electrons. The molecular formula is C16H15ClF3N. The van der Waals surface area contributed by atoms with E-state index in [1.807, 2.05) is 6.92 Å². The van der Waals surface area contributed by atoms with E-state index < -0.39 is 23.5 Å². The summed E-state index contributed by atoms with van der Waals surface area (Å²) in [5, 5.41) is 3.30. The Morgan fingerprint density at radius 3 is 2.33 bits per heavy atom. The molecule has 0 radical (unpaired) electrons. The van der Waals surface area contributed by atoms with Gasteiger partial charge in [0.2, 0.25) is 0 Å². The van der Waals surface area contributed by atoms with Crippen molar-refractivity contribution >= 4 is 11.6 Å². The van der Waals surface area contributed by atoms with Crippen molar-refractivity contribution < 1.29 is 13.2 Å². The highest BCUT2D eigenvalue weighted by atomic mass is 35.5. The lowest BCUT2D eigenvalue weighted by Gasteiger charge is -2.21. The highest BCUT2D eigenvalue weighted by Gasteiger charge is 2.21. The van der Waals surface area contributed by atoms with Crippen molar-refractivity contribution in [3.05, 3.63) is 70.0 Å². The summed E-state index contributed by atoms with van der Waals surface area (Å²) in [6, 6.07) is 6.75. The molecule has 0 aliphatic carbocycles. The van der Waals surface area contributed by atoms with E-state index in [0.29, 0.717) is 12.1 Å². The third-order valence-electron chi connectivity index (χ3n) is 3.11. The van der Waals surface area contributed by atoms with Gasteiger partial charge in [-0.3, -0.25) is 0 Å². The van der Waals surface area contributed by atoms with Crippen LogP contribution in [0.1, 0.15) is 30.5 Å². The molecule has 0 saturated heterocycles. The summed E-state index contributed by atoms with van der Waals surface area (Å²) < 4.78 is 41.0. The minimum Gasteiger partial charge on any atom is -0.306 e. The fourth-order valence-electron chi connectivity index (χ4n) is 2.20. The zero-order valence-corrected chi connectivity index (χ0v) is 12.2. The maximum Gasteiger partial charge on any atom is 0.129 e. The molecule has 0 saturated carbocycles. The van der Waals surface area contributed by atoms with E-state index in [1.165, 1.54) is 24.3 Å². The second kappa shape index (κ2) is 6.96. The first-order valence-corrected chi connectivity index (χ1v) is 7.04. The molecule has 0 fully saturated rings. The highest BCUT2D eigenvalue weighted by Crippen LogP contribution is 2.31. The number of rotatable bonds is 5. The van der Waals surface area contributed by atoms with Crippen LogP contribution in [0.5, 0.6) is 0 Å². The third kappa shape index (κ3) is 3.77. The van der Waals surface area contributed by atoms with E-state index in [2.05, 4.69) is 5.32 Å². The van der Waals surface area contributed by atoms with E-state index in [-0.39, 0.29) is 10.6 Å². The lowest BCUT2D eigenvalue weighted by Crippen LogP contribution is -2.24. The summed E-state index contributed by atoms with van der Waals surface area (Å²) in [5.74, 6) is -1.93. The highest BCUT2D eigenvalue weighted by molar-refractivity contribution is 6.31. The van der Waals surface area contributed by atoms with Gasteiger partial charge < -0.3 is 5.32 Å².